The molecule has 0 unspecified atom stereocenters. The van der Waals surface area contributed by atoms with E-state index in [0.717, 1.165) is 40.1 Å². The Kier molecular flexibility index (Phi) is 6.34. The lowest BCUT2D eigenvalue weighted by molar-refractivity contribution is -0.111. The van der Waals surface area contributed by atoms with E-state index < -0.39 is 0 Å². The van der Waals surface area contributed by atoms with Gasteiger partial charge in [0.2, 0.25) is 5.91 Å². The van der Waals surface area contributed by atoms with Crippen molar-refractivity contribution in [3.8, 4) is 11.1 Å². The van der Waals surface area contributed by atoms with Crippen LogP contribution in [0.4, 0.5) is 5.69 Å². The summed E-state index contributed by atoms with van der Waals surface area (Å²) in [5, 5.41) is 2.91. The monoisotopic (exact) mass is 404 g/mol. The SMILES string of the molecule is Cc1ccc(-c2cccc(C=CC(=O)Nc3ccc(Cc4ccccn4)cc3)c2)cc1. The zero-order valence-corrected chi connectivity index (χ0v) is 17.5. The number of hydrogen-bond acceptors (Lipinski definition) is 2. The van der Waals surface area contributed by atoms with E-state index in [-0.39, 0.29) is 5.91 Å². The standard InChI is InChI=1S/C28H24N2O/c1-21-8-13-24(14-9-21)25-6-4-5-22(19-25)12-17-28(31)30-26-15-10-23(11-16-26)20-27-7-2-3-18-29-27/h2-19H,20H2,1H3,(H,30,31). The first-order valence-corrected chi connectivity index (χ1v) is 10.3. The molecule has 0 spiro atoms. The van der Waals surface area contributed by atoms with Crippen LogP contribution in [0, 0.1) is 6.92 Å². The topological polar surface area (TPSA) is 42.0 Å². The van der Waals surface area contributed by atoms with Gasteiger partial charge in [-0.15, -0.1) is 0 Å². The summed E-state index contributed by atoms with van der Waals surface area (Å²) in [7, 11) is 0. The number of nitrogens with one attached hydrogen (secondary N) is 1. The molecule has 3 aromatic carbocycles. The molecule has 0 fully saturated rings. The van der Waals surface area contributed by atoms with Crippen molar-refractivity contribution in [2.24, 2.45) is 0 Å². The largest absolute Gasteiger partial charge is 0.323 e. The lowest BCUT2D eigenvalue weighted by Gasteiger charge is -2.05. The second-order valence-corrected chi connectivity index (χ2v) is 7.51. The van der Waals surface area contributed by atoms with E-state index in [2.05, 4.69) is 53.6 Å². The molecule has 0 aliphatic carbocycles. The van der Waals surface area contributed by atoms with Crippen molar-refractivity contribution in [3.05, 3.63) is 126 Å². The predicted octanol–water partition coefficient (Wildman–Crippen LogP) is 6.30. The van der Waals surface area contributed by atoms with Gasteiger partial charge in [-0.2, -0.15) is 0 Å². The van der Waals surface area contributed by atoms with Crippen LogP contribution in [0.25, 0.3) is 17.2 Å². The van der Waals surface area contributed by atoms with Gasteiger partial charge < -0.3 is 5.32 Å². The molecule has 1 amide bonds. The van der Waals surface area contributed by atoms with Gasteiger partial charge >= 0.3 is 0 Å². The van der Waals surface area contributed by atoms with Crippen molar-refractivity contribution in [1.29, 1.82) is 0 Å². The highest BCUT2D eigenvalue weighted by molar-refractivity contribution is 6.02. The van der Waals surface area contributed by atoms with Crippen LogP contribution in [0.1, 0.15) is 22.4 Å². The summed E-state index contributed by atoms with van der Waals surface area (Å²) in [5.41, 5.74) is 7.46. The molecule has 1 aromatic heterocycles. The Hall–Kier alpha value is -3.98. The van der Waals surface area contributed by atoms with E-state index in [9.17, 15) is 4.79 Å². The lowest BCUT2D eigenvalue weighted by atomic mass is 10.0. The molecule has 0 atom stereocenters. The van der Waals surface area contributed by atoms with Crippen LogP contribution in [-0.4, -0.2) is 10.9 Å². The highest BCUT2D eigenvalue weighted by Crippen LogP contribution is 2.21. The quantitative estimate of drug-likeness (QED) is 0.383. The molecule has 0 aliphatic rings. The Morgan fingerprint density at radius 1 is 0.871 bits per heavy atom. The summed E-state index contributed by atoms with van der Waals surface area (Å²) in [4.78, 5) is 16.7. The minimum absolute atomic E-state index is 0.154. The fourth-order valence-corrected chi connectivity index (χ4v) is 3.34. The fourth-order valence-electron chi connectivity index (χ4n) is 3.34. The van der Waals surface area contributed by atoms with Gasteiger partial charge in [0, 0.05) is 30.1 Å². The van der Waals surface area contributed by atoms with E-state index in [0.29, 0.717) is 0 Å². The smallest absolute Gasteiger partial charge is 0.248 e. The van der Waals surface area contributed by atoms with Crippen molar-refractivity contribution in [2.45, 2.75) is 13.3 Å². The number of aromatic nitrogens is 1. The van der Waals surface area contributed by atoms with Crippen LogP contribution >= 0.6 is 0 Å². The van der Waals surface area contributed by atoms with Gasteiger partial charge in [-0.1, -0.05) is 66.2 Å². The third-order valence-corrected chi connectivity index (χ3v) is 5.03. The summed E-state index contributed by atoms with van der Waals surface area (Å²) in [6, 6.07) is 30.4. The lowest BCUT2D eigenvalue weighted by Crippen LogP contribution is -2.07. The normalized spacial score (nSPS) is 10.9. The summed E-state index contributed by atoms with van der Waals surface area (Å²) < 4.78 is 0. The number of amides is 1. The van der Waals surface area contributed by atoms with E-state index in [1.54, 1.807) is 12.3 Å². The van der Waals surface area contributed by atoms with Crippen LogP contribution < -0.4 is 5.32 Å². The average Bonchev–Trinajstić information content (AvgIpc) is 2.80. The number of rotatable bonds is 6. The zero-order chi connectivity index (χ0) is 21.5. The van der Waals surface area contributed by atoms with E-state index in [1.807, 2.05) is 60.7 Å². The summed E-state index contributed by atoms with van der Waals surface area (Å²) >= 11 is 0. The Labute approximate surface area is 183 Å². The van der Waals surface area contributed by atoms with Crippen molar-refractivity contribution in [2.75, 3.05) is 5.32 Å². The molecular weight excluding hydrogens is 380 g/mol. The summed E-state index contributed by atoms with van der Waals surface area (Å²) in [6.07, 6.45) is 5.97. The first-order chi connectivity index (χ1) is 15.2. The maximum atomic E-state index is 12.3. The second-order valence-electron chi connectivity index (χ2n) is 7.51. The number of carbonyl (C=O) groups is 1. The van der Waals surface area contributed by atoms with Crippen LogP contribution in [0.5, 0.6) is 0 Å². The van der Waals surface area contributed by atoms with Gasteiger partial charge in [-0.3, -0.25) is 9.78 Å². The van der Waals surface area contributed by atoms with E-state index in [4.69, 9.17) is 0 Å². The van der Waals surface area contributed by atoms with Crippen molar-refractivity contribution < 1.29 is 4.79 Å². The van der Waals surface area contributed by atoms with Crippen LogP contribution in [0.2, 0.25) is 0 Å². The molecule has 4 rings (SSSR count). The number of pyridine rings is 1. The molecule has 152 valence electrons. The summed E-state index contributed by atoms with van der Waals surface area (Å²) in [6.45, 7) is 2.08. The van der Waals surface area contributed by atoms with Crippen molar-refractivity contribution in [1.82, 2.24) is 4.98 Å². The van der Waals surface area contributed by atoms with Gasteiger partial charge in [0.1, 0.15) is 0 Å². The molecule has 0 saturated carbocycles. The first kappa shape index (κ1) is 20.3. The Morgan fingerprint density at radius 2 is 1.68 bits per heavy atom. The maximum Gasteiger partial charge on any atom is 0.248 e. The van der Waals surface area contributed by atoms with Crippen LogP contribution in [0.15, 0.2) is 103 Å². The molecular formula is C28H24N2O. The molecule has 0 bridgehead atoms. The Balaban J connectivity index is 1.37. The Morgan fingerprint density at radius 3 is 2.42 bits per heavy atom. The van der Waals surface area contributed by atoms with Gasteiger partial charge in [0.05, 0.1) is 0 Å². The van der Waals surface area contributed by atoms with Crippen molar-refractivity contribution >= 4 is 17.7 Å². The van der Waals surface area contributed by atoms with E-state index in [1.165, 1.54) is 5.56 Å². The number of anilines is 1. The molecule has 3 heteroatoms. The fraction of sp³-hybridized carbons (Fsp3) is 0.0714. The van der Waals surface area contributed by atoms with Gasteiger partial charge in [-0.25, -0.2) is 0 Å². The highest BCUT2D eigenvalue weighted by Gasteiger charge is 2.02. The molecule has 3 nitrogen and oxygen atoms in total. The zero-order valence-electron chi connectivity index (χ0n) is 17.5. The van der Waals surface area contributed by atoms with Gasteiger partial charge in [0.25, 0.3) is 0 Å². The maximum absolute atomic E-state index is 12.3. The van der Waals surface area contributed by atoms with Gasteiger partial charge in [-0.05, 0) is 65.6 Å². The molecule has 1 heterocycles. The number of hydrogen-bond donors (Lipinski definition) is 1. The number of benzene rings is 3. The first-order valence-electron chi connectivity index (χ1n) is 10.3. The minimum Gasteiger partial charge on any atom is -0.323 e. The number of carbonyl (C=O) groups excluding carboxylic acids is 1. The minimum atomic E-state index is -0.154. The van der Waals surface area contributed by atoms with Crippen LogP contribution in [-0.2, 0) is 11.2 Å². The van der Waals surface area contributed by atoms with Gasteiger partial charge in [0.15, 0.2) is 0 Å². The van der Waals surface area contributed by atoms with E-state index >= 15 is 0 Å². The third kappa shape index (κ3) is 5.77. The van der Waals surface area contributed by atoms with Crippen molar-refractivity contribution in [3.63, 3.8) is 0 Å². The highest BCUT2D eigenvalue weighted by atomic mass is 16.1. The number of nitrogens with zero attached hydrogens (tertiary/aromatic N) is 1. The molecule has 4 aromatic rings. The summed E-state index contributed by atoms with van der Waals surface area (Å²) in [5.74, 6) is -0.154. The molecule has 0 aliphatic heterocycles. The third-order valence-electron chi connectivity index (χ3n) is 5.03. The van der Waals surface area contributed by atoms with Crippen LogP contribution in [0.3, 0.4) is 0 Å². The molecule has 0 saturated heterocycles. The second kappa shape index (κ2) is 9.68. The predicted molar refractivity (Wildman–Crippen MR) is 128 cm³/mol. The number of aryl methyl sites for hydroxylation is 1. The Bertz CT molecular complexity index is 1180. The molecule has 0 radical (unpaired) electrons. The molecule has 1 N–H and O–H groups in total. The average molecular weight is 405 g/mol. The molecule has 31 heavy (non-hydrogen) atoms.